The van der Waals surface area contributed by atoms with E-state index < -0.39 is 12.5 Å². The Morgan fingerprint density at radius 2 is 1.93 bits per heavy atom. The van der Waals surface area contributed by atoms with Crippen molar-refractivity contribution in [3.8, 4) is 0 Å². The van der Waals surface area contributed by atoms with Crippen LogP contribution in [0.15, 0.2) is 18.2 Å². The highest BCUT2D eigenvalue weighted by molar-refractivity contribution is 6.34. The van der Waals surface area contributed by atoms with Crippen LogP contribution in [-0.4, -0.2) is 19.0 Å². The van der Waals surface area contributed by atoms with Crippen LogP contribution in [0.5, 0.6) is 0 Å². The van der Waals surface area contributed by atoms with Crippen molar-refractivity contribution >= 4 is 23.0 Å². The molecule has 0 unspecified atom stereocenters. The van der Waals surface area contributed by atoms with E-state index in [1.54, 1.807) is 18.2 Å². The number of fused-ring (bicyclic) bond motifs is 1. The van der Waals surface area contributed by atoms with Crippen LogP contribution in [0.2, 0.25) is 5.02 Å². The maximum atomic E-state index is 13.0. The summed E-state index contributed by atoms with van der Waals surface area (Å²) in [5.74, 6) is -2.75. The lowest BCUT2D eigenvalue weighted by atomic mass is 10.2. The zero-order valence-corrected chi connectivity index (χ0v) is 8.04. The van der Waals surface area contributed by atoms with Crippen molar-refractivity contribution in [2.45, 2.75) is 5.92 Å². The van der Waals surface area contributed by atoms with Crippen molar-refractivity contribution in [1.29, 1.82) is 0 Å². The minimum absolute atomic E-state index is 0.368. The fraction of sp³-hybridized carbons (Fsp3) is 0.333. The topological polar surface area (TPSA) is 24.1 Å². The van der Waals surface area contributed by atoms with E-state index in [0.29, 0.717) is 16.4 Å². The Kier molecular flexibility index (Phi) is 2.23. The molecule has 76 valence electrons. The summed E-state index contributed by atoms with van der Waals surface area (Å²) in [4.78, 5) is 0. The normalized spacial score (nSPS) is 18.8. The molecule has 1 aromatic rings. The third-order valence-corrected chi connectivity index (χ3v) is 2.39. The molecule has 5 heteroatoms. The van der Waals surface area contributed by atoms with Gasteiger partial charge in [-0.2, -0.15) is 0 Å². The average Bonchev–Trinajstić information content (AvgIpc) is 2.27. The number of benzene rings is 1. The van der Waals surface area contributed by atoms with E-state index >= 15 is 0 Å². The van der Waals surface area contributed by atoms with Crippen LogP contribution < -0.4 is 10.6 Å². The highest BCUT2D eigenvalue weighted by Crippen LogP contribution is 2.33. The molecule has 2 rings (SSSR count). The molecule has 1 aliphatic rings. The number of alkyl halides is 2. The number of para-hydroxylation sites is 1. The molecule has 0 saturated carbocycles. The van der Waals surface area contributed by atoms with Crippen molar-refractivity contribution in [3.05, 3.63) is 23.2 Å². The van der Waals surface area contributed by atoms with Gasteiger partial charge < -0.3 is 10.6 Å². The monoisotopic (exact) mass is 218 g/mol. The van der Waals surface area contributed by atoms with Crippen LogP contribution in [-0.2, 0) is 0 Å². The first-order chi connectivity index (χ1) is 6.58. The Labute approximate surface area is 85.3 Å². The molecule has 0 aliphatic carbocycles. The molecule has 1 aliphatic heterocycles. The fourth-order valence-electron chi connectivity index (χ4n) is 1.36. The van der Waals surface area contributed by atoms with E-state index in [0.717, 1.165) is 0 Å². The van der Waals surface area contributed by atoms with Crippen molar-refractivity contribution < 1.29 is 8.78 Å². The Morgan fingerprint density at radius 1 is 1.21 bits per heavy atom. The average molecular weight is 219 g/mol. The smallest absolute Gasteiger partial charge is 0.281 e. The Bertz CT molecular complexity index is 355. The number of nitrogens with one attached hydrogen (secondary N) is 2. The van der Waals surface area contributed by atoms with Crippen LogP contribution in [0.1, 0.15) is 0 Å². The lowest BCUT2D eigenvalue weighted by molar-refractivity contribution is 0.0309. The minimum atomic E-state index is -2.75. The zero-order valence-electron chi connectivity index (χ0n) is 7.28. The van der Waals surface area contributed by atoms with E-state index in [2.05, 4.69) is 10.6 Å². The standard InChI is InChI=1S/C9H9ClF2N2/c10-6-2-1-3-7-8(6)14-5-9(11,12)4-13-7/h1-3,13-14H,4-5H2. The molecule has 0 atom stereocenters. The second-order valence-corrected chi connectivity index (χ2v) is 3.63. The van der Waals surface area contributed by atoms with Crippen LogP contribution >= 0.6 is 11.6 Å². The maximum Gasteiger partial charge on any atom is 0.281 e. The van der Waals surface area contributed by atoms with Gasteiger partial charge in [0.25, 0.3) is 5.92 Å². The minimum Gasteiger partial charge on any atom is -0.377 e. The van der Waals surface area contributed by atoms with Gasteiger partial charge in [0.15, 0.2) is 0 Å². The predicted octanol–water partition coefficient (Wildman–Crippen LogP) is 2.81. The second kappa shape index (κ2) is 3.28. The van der Waals surface area contributed by atoms with Gasteiger partial charge in [-0.25, -0.2) is 8.78 Å². The lowest BCUT2D eigenvalue weighted by Crippen LogP contribution is -2.32. The van der Waals surface area contributed by atoms with Gasteiger partial charge in [-0.3, -0.25) is 0 Å². The zero-order chi connectivity index (χ0) is 10.2. The second-order valence-electron chi connectivity index (χ2n) is 3.23. The molecule has 0 saturated heterocycles. The highest BCUT2D eigenvalue weighted by atomic mass is 35.5. The number of anilines is 2. The number of halogens is 3. The highest BCUT2D eigenvalue weighted by Gasteiger charge is 2.31. The molecular formula is C9H9ClF2N2. The summed E-state index contributed by atoms with van der Waals surface area (Å²) >= 11 is 5.86. The van der Waals surface area contributed by atoms with Gasteiger partial charge in [-0.15, -0.1) is 0 Å². The molecule has 0 fully saturated rings. The molecule has 1 heterocycles. The summed E-state index contributed by atoms with van der Waals surface area (Å²) in [6.45, 7) is -0.760. The molecule has 1 aromatic carbocycles. The van der Waals surface area contributed by atoms with Crippen LogP contribution in [0.25, 0.3) is 0 Å². The van der Waals surface area contributed by atoms with Crippen LogP contribution in [0.4, 0.5) is 20.2 Å². The molecule has 14 heavy (non-hydrogen) atoms. The first kappa shape index (κ1) is 9.52. The van der Waals surface area contributed by atoms with E-state index in [1.165, 1.54) is 0 Å². The van der Waals surface area contributed by atoms with Crippen molar-refractivity contribution in [1.82, 2.24) is 0 Å². The molecule has 0 radical (unpaired) electrons. The van der Waals surface area contributed by atoms with Crippen molar-refractivity contribution in [2.24, 2.45) is 0 Å². The van der Waals surface area contributed by atoms with Crippen LogP contribution in [0.3, 0.4) is 0 Å². The van der Waals surface area contributed by atoms with E-state index in [1.807, 2.05) is 0 Å². The van der Waals surface area contributed by atoms with Gasteiger partial charge in [0.1, 0.15) is 0 Å². The predicted molar refractivity (Wildman–Crippen MR) is 53.4 cm³/mol. The first-order valence-electron chi connectivity index (χ1n) is 4.23. The molecular weight excluding hydrogens is 210 g/mol. The number of hydrogen-bond acceptors (Lipinski definition) is 2. The van der Waals surface area contributed by atoms with Gasteiger partial charge in [0.2, 0.25) is 0 Å². The Balaban J connectivity index is 2.34. The van der Waals surface area contributed by atoms with Gasteiger partial charge in [0.05, 0.1) is 29.5 Å². The van der Waals surface area contributed by atoms with E-state index in [4.69, 9.17) is 11.6 Å². The summed E-state index contributed by atoms with van der Waals surface area (Å²) in [6, 6.07) is 5.10. The quantitative estimate of drug-likeness (QED) is 0.700. The third-order valence-electron chi connectivity index (χ3n) is 2.07. The SMILES string of the molecule is FC1(F)CNc2cccc(Cl)c2NC1. The molecule has 0 aromatic heterocycles. The van der Waals surface area contributed by atoms with Gasteiger partial charge in [-0.05, 0) is 12.1 Å². The number of hydrogen-bond donors (Lipinski definition) is 2. The number of rotatable bonds is 0. The largest absolute Gasteiger partial charge is 0.377 e. The molecule has 0 spiro atoms. The van der Waals surface area contributed by atoms with Gasteiger partial charge in [0, 0.05) is 0 Å². The molecule has 0 bridgehead atoms. The summed E-state index contributed by atoms with van der Waals surface area (Å²) in [7, 11) is 0. The van der Waals surface area contributed by atoms with E-state index in [-0.39, 0.29) is 6.54 Å². The fourth-order valence-corrected chi connectivity index (χ4v) is 1.60. The summed E-state index contributed by atoms with van der Waals surface area (Å²) in [6.07, 6.45) is 0. The maximum absolute atomic E-state index is 13.0. The Morgan fingerprint density at radius 3 is 2.71 bits per heavy atom. The Hall–Kier alpha value is -1.03. The van der Waals surface area contributed by atoms with E-state index in [9.17, 15) is 8.78 Å². The molecule has 2 N–H and O–H groups in total. The summed E-state index contributed by atoms with van der Waals surface area (Å²) in [5.41, 5.74) is 1.17. The molecule has 2 nitrogen and oxygen atoms in total. The van der Waals surface area contributed by atoms with Gasteiger partial charge >= 0.3 is 0 Å². The summed E-state index contributed by atoms with van der Waals surface area (Å²) < 4.78 is 26.0. The van der Waals surface area contributed by atoms with Crippen LogP contribution in [0, 0.1) is 0 Å². The van der Waals surface area contributed by atoms with Crippen molar-refractivity contribution in [2.75, 3.05) is 23.7 Å². The summed E-state index contributed by atoms with van der Waals surface area (Å²) in [5, 5.41) is 5.75. The first-order valence-corrected chi connectivity index (χ1v) is 4.60. The third kappa shape index (κ3) is 1.75. The van der Waals surface area contributed by atoms with Gasteiger partial charge in [-0.1, -0.05) is 17.7 Å². The molecule has 0 amide bonds. The lowest BCUT2D eigenvalue weighted by Gasteiger charge is -2.12. The van der Waals surface area contributed by atoms with Crippen molar-refractivity contribution in [3.63, 3.8) is 0 Å².